The Kier molecular flexibility index (Phi) is 4.60. The number of hydrogen-bond donors (Lipinski definition) is 0. The first-order chi connectivity index (χ1) is 10.6. The summed E-state index contributed by atoms with van der Waals surface area (Å²) in [6, 6.07) is 13.9. The van der Waals surface area contributed by atoms with E-state index >= 15 is 0 Å². The Bertz CT molecular complexity index is 800. The molecule has 3 rings (SSSR count). The molecule has 0 fully saturated rings. The van der Waals surface area contributed by atoms with E-state index in [0.717, 1.165) is 38.3 Å². The molecule has 0 bridgehead atoms. The molecule has 0 spiro atoms. The lowest BCUT2D eigenvalue weighted by Crippen LogP contribution is -2.01. The first kappa shape index (κ1) is 15.3. The average molecular weight is 333 g/mol. The zero-order valence-electron chi connectivity index (χ0n) is 12.5. The highest BCUT2D eigenvalue weighted by Gasteiger charge is 2.07. The molecular weight excluding hydrogens is 316 g/mol. The fourth-order valence-electron chi connectivity index (χ4n) is 2.25. The van der Waals surface area contributed by atoms with Crippen LogP contribution in [0.1, 0.15) is 5.56 Å². The lowest BCUT2D eigenvalue weighted by atomic mass is 10.2. The molecule has 22 heavy (non-hydrogen) atoms. The molecule has 114 valence electrons. The number of fused-ring (bicyclic) bond motifs is 1. The molecule has 0 aliphatic carbocycles. The summed E-state index contributed by atoms with van der Waals surface area (Å²) in [7, 11) is 2.04. The Morgan fingerprint density at radius 1 is 1.23 bits per heavy atom. The van der Waals surface area contributed by atoms with Crippen LogP contribution in [0, 0.1) is 6.92 Å². The van der Waals surface area contributed by atoms with Gasteiger partial charge in [0.2, 0.25) is 0 Å². The summed E-state index contributed by atoms with van der Waals surface area (Å²) in [5.74, 6) is 1.70. The van der Waals surface area contributed by atoms with E-state index in [4.69, 9.17) is 16.3 Å². The van der Waals surface area contributed by atoms with Gasteiger partial charge in [0.1, 0.15) is 5.75 Å². The van der Waals surface area contributed by atoms with Crippen LogP contribution in [0.3, 0.4) is 0 Å². The summed E-state index contributed by atoms with van der Waals surface area (Å²) in [5, 5.41) is 1.78. The topological polar surface area (TPSA) is 27.1 Å². The van der Waals surface area contributed by atoms with Gasteiger partial charge in [-0.1, -0.05) is 35.5 Å². The van der Waals surface area contributed by atoms with Crippen molar-refractivity contribution in [3.8, 4) is 5.75 Å². The van der Waals surface area contributed by atoms with E-state index in [-0.39, 0.29) is 0 Å². The average Bonchev–Trinajstić information content (AvgIpc) is 2.84. The second-order valence-corrected chi connectivity index (χ2v) is 6.52. The van der Waals surface area contributed by atoms with Crippen LogP contribution < -0.4 is 4.74 Å². The van der Waals surface area contributed by atoms with Crippen LogP contribution in [0.2, 0.25) is 5.02 Å². The molecule has 0 aliphatic rings. The summed E-state index contributed by atoms with van der Waals surface area (Å²) in [6.07, 6.45) is 0. The number of benzene rings is 2. The maximum Gasteiger partial charge on any atom is 0.168 e. The van der Waals surface area contributed by atoms with Gasteiger partial charge in [0, 0.05) is 17.8 Å². The molecular formula is C17H17ClN2OS. The third-order valence-electron chi connectivity index (χ3n) is 3.46. The lowest BCUT2D eigenvalue weighted by Gasteiger charge is -2.07. The fourth-order valence-corrected chi connectivity index (χ4v) is 3.17. The molecule has 0 saturated heterocycles. The number of para-hydroxylation sites is 2. The molecule has 1 aromatic heterocycles. The van der Waals surface area contributed by atoms with Gasteiger partial charge in [-0.05, 0) is 42.8 Å². The minimum atomic E-state index is 0.634. The van der Waals surface area contributed by atoms with Gasteiger partial charge in [0.25, 0.3) is 0 Å². The van der Waals surface area contributed by atoms with Crippen LogP contribution in [0.5, 0.6) is 5.75 Å². The van der Waals surface area contributed by atoms with Gasteiger partial charge in [-0.15, -0.1) is 0 Å². The number of imidazole rings is 1. The molecule has 0 aliphatic heterocycles. The molecule has 0 amide bonds. The number of aromatic nitrogens is 2. The third-order valence-corrected chi connectivity index (χ3v) is 4.88. The zero-order valence-corrected chi connectivity index (χ0v) is 14.1. The van der Waals surface area contributed by atoms with Gasteiger partial charge >= 0.3 is 0 Å². The van der Waals surface area contributed by atoms with Crippen LogP contribution in [0.25, 0.3) is 11.0 Å². The smallest absolute Gasteiger partial charge is 0.168 e. The Morgan fingerprint density at radius 2 is 2.05 bits per heavy atom. The van der Waals surface area contributed by atoms with E-state index in [9.17, 15) is 0 Å². The molecule has 3 nitrogen and oxygen atoms in total. The van der Waals surface area contributed by atoms with Crippen molar-refractivity contribution in [2.75, 3.05) is 12.4 Å². The molecule has 2 aromatic carbocycles. The molecule has 0 saturated carbocycles. The predicted octanol–water partition coefficient (Wildman–Crippen LogP) is 4.71. The molecule has 0 unspecified atom stereocenters. The minimum Gasteiger partial charge on any atom is -0.493 e. The van der Waals surface area contributed by atoms with E-state index in [0.29, 0.717) is 6.61 Å². The summed E-state index contributed by atoms with van der Waals surface area (Å²) >= 11 is 7.71. The second-order valence-electron chi connectivity index (χ2n) is 5.05. The number of nitrogens with zero attached hydrogens (tertiary/aromatic N) is 2. The number of aryl methyl sites for hydroxylation is 2. The zero-order chi connectivity index (χ0) is 15.5. The largest absolute Gasteiger partial charge is 0.493 e. The number of hydrogen-bond acceptors (Lipinski definition) is 3. The Hall–Kier alpha value is -1.65. The quantitative estimate of drug-likeness (QED) is 0.500. The highest BCUT2D eigenvalue weighted by molar-refractivity contribution is 7.99. The molecule has 0 N–H and O–H groups in total. The molecule has 3 aromatic rings. The van der Waals surface area contributed by atoms with Crippen molar-refractivity contribution in [2.24, 2.45) is 7.05 Å². The van der Waals surface area contributed by atoms with Crippen LogP contribution in [-0.4, -0.2) is 21.9 Å². The summed E-state index contributed by atoms with van der Waals surface area (Å²) in [4.78, 5) is 4.64. The van der Waals surface area contributed by atoms with Crippen molar-refractivity contribution in [3.05, 3.63) is 53.1 Å². The highest BCUT2D eigenvalue weighted by Crippen LogP contribution is 2.24. The first-order valence-corrected chi connectivity index (χ1v) is 8.45. The standard InChI is InChI=1S/C17H17ClN2OS/c1-12-11-13(7-8-14(12)18)21-9-10-22-17-19-15-5-3-4-6-16(15)20(17)2/h3-8,11H,9-10H2,1-2H3. The van der Waals surface area contributed by atoms with Gasteiger partial charge in [0.05, 0.1) is 17.6 Å². The number of thioether (sulfide) groups is 1. The number of rotatable bonds is 5. The van der Waals surface area contributed by atoms with Crippen molar-refractivity contribution in [2.45, 2.75) is 12.1 Å². The monoisotopic (exact) mass is 332 g/mol. The van der Waals surface area contributed by atoms with Crippen LogP contribution >= 0.6 is 23.4 Å². The molecule has 1 heterocycles. The van der Waals surface area contributed by atoms with Crippen LogP contribution in [-0.2, 0) is 7.05 Å². The number of halogens is 1. The molecule has 5 heteroatoms. The van der Waals surface area contributed by atoms with E-state index in [1.807, 2.05) is 50.4 Å². The maximum atomic E-state index is 6.01. The van der Waals surface area contributed by atoms with Crippen molar-refractivity contribution >= 4 is 34.4 Å². The first-order valence-electron chi connectivity index (χ1n) is 7.08. The van der Waals surface area contributed by atoms with E-state index < -0.39 is 0 Å². The summed E-state index contributed by atoms with van der Waals surface area (Å²) < 4.78 is 7.88. The van der Waals surface area contributed by atoms with Gasteiger partial charge in [-0.3, -0.25) is 0 Å². The summed E-state index contributed by atoms with van der Waals surface area (Å²) in [6.45, 7) is 2.61. The number of ether oxygens (including phenoxy) is 1. The van der Waals surface area contributed by atoms with Gasteiger partial charge < -0.3 is 9.30 Å². The predicted molar refractivity (Wildman–Crippen MR) is 93.1 cm³/mol. The van der Waals surface area contributed by atoms with E-state index in [2.05, 4.69) is 15.6 Å². The summed E-state index contributed by atoms with van der Waals surface area (Å²) in [5.41, 5.74) is 3.21. The highest BCUT2D eigenvalue weighted by atomic mass is 35.5. The Morgan fingerprint density at radius 3 is 2.82 bits per heavy atom. The van der Waals surface area contributed by atoms with Gasteiger partial charge in [0.15, 0.2) is 5.16 Å². The van der Waals surface area contributed by atoms with Crippen LogP contribution in [0.4, 0.5) is 0 Å². The SMILES string of the molecule is Cc1cc(OCCSc2nc3ccccc3n2C)ccc1Cl. The minimum absolute atomic E-state index is 0.634. The van der Waals surface area contributed by atoms with E-state index in [1.165, 1.54) is 0 Å². The normalized spacial score (nSPS) is 11.0. The lowest BCUT2D eigenvalue weighted by molar-refractivity contribution is 0.343. The van der Waals surface area contributed by atoms with Crippen molar-refractivity contribution < 1.29 is 4.74 Å². The van der Waals surface area contributed by atoms with Gasteiger partial charge in [-0.25, -0.2) is 4.98 Å². The molecule has 0 atom stereocenters. The van der Waals surface area contributed by atoms with Gasteiger partial charge in [-0.2, -0.15) is 0 Å². The Labute approximate surface area is 139 Å². The van der Waals surface area contributed by atoms with Crippen molar-refractivity contribution in [3.63, 3.8) is 0 Å². The van der Waals surface area contributed by atoms with Crippen LogP contribution in [0.15, 0.2) is 47.6 Å². The van der Waals surface area contributed by atoms with Crippen molar-refractivity contribution in [1.82, 2.24) is 9.55 Å². The fraction of sp³-hybridized carbons (Fsp3) is 0.235. The van der Waals surface area contributed by atoms with Crippen molar-refractivity contribution in [1.29, 1.82) is 0 Å². The second kappa shape index (κ2) is 6.63. The third kappa shape index (κ3) is 3.23. The maximum absolute atomic E-state index is 6.01. The van der Waals surface area contributed by atoms with E-state index in [1.54, 1.807) is 11.8 Å². The Balaban J connectivity index is 1.58. The molecule has 0 radical (unpaired) electrons.